The highest BCUT2D eigenvalue weighted by atomic mass is 16.6. The van der Waals surface area contributed by atoms with Crippen LogP contribution in [0.15, 0.2) is 53.7 Å². The SMILES string of the molecule is Cc1ccc2c(c1)C(N=O)CC(NO)(C(=O)NCc1ccc(C=CC(=O)NO)cc1)O2. The fraction of sp³-hybridized carbons (Fsp3) is 0.238. The first-order valence-electron chi connectivity index (χ1n) is 9.43. The molecule has 2 aromatic carbocycles. The first kappa shape index (κ1) is 22.1. The van der Waals surface area contributed by atoms with E-state index in [1.165, 1.54) is 17.6 Å². The lowest BCUT2D eigenvalue weighted by molar-refractivity contribution is -0.156. The normalized spacial score (nSPS) is 19.9. The number of aryl methyl sites for hydroxylation is 1. The standard InChI is InChI=1S/C21H22N4O6/c1-13-2-8-18-16(10-13)17(23-28)11-21(25-30,31-18)20(27)22-12-15-5-3-14(4-6-15)7-9-19(26)24-29/h2-10,17,25,29-30H,11-12H2,1H3,(H,22,27)(H,24,26). The number of carbonyl (C=O) groups is 2. The fourth-order valence-corrected chi connectivity index (χ4v) is 3.27. The number of ether oxygens (including phenoxy) is 1. The molecule has 2 amide bonds. The summed E-state index contributed by atoms with van der Waals surface area (Å²) in [6.07, 6.45) is 2.51. The minimum Gasteiger partial charge on any atom is -0.461 e. The van der Waals surface area contributed by atoms with Gasteiger partial charge < -0.3 is 15.3 Å². The third-order valence-electron chi connectivity index (χ3n) is 4.93. The number of nitrogens with one attached hydrogen (secondary N) is 3. The molecule has 0 aliphatic carbocycles. The Bertz CT molecular complexity index is 1010. The third-order valence-corrected chi connectivity index (χ3v) is 4.93. The molecule has 0 spiro atoms. The molecular formula is C21H22N4O6. The fourth-order valence-electron chi connectivity index (χ4n) is 3.27. The van der Waals surface area contributed by atoms with Crippen LogP contribution in [-0.4, -0.2) is 28.0 Å². The zero-order valence-corrected chi connectivity index (χ0v) is 16.7. The van der Waals surface area contributed by atoms with Crippen molar-refractivity contribution in [1.29, 1.82) is 0 Å². The highest BCUT2D eigenvalue weighted by Crippen LogP contribution is 2.41. The van der Waals surface area contributed by atoms with Crippen molar-refractivity contribution in [2.45, 2.75) is 31.7 Å². The van der Waals surface area contributed by atoms with Crippen molar-refractivity contribution in [1.82, 2.24) is 16.3 Å². The van der Waals surface area contributed by atoms with Gasteiger partial charge in [-0.05, 0) is 30.2 Å². The van der Waals surface area contributed by atoms with Crippen LogP contribution in [-0.2, 0) is 16.1 Å². The van der Waals surface area contributed by atoms with Gasteiger partial charge in [-0.1, -0.05) is 47.1 Å². The molecule has 0 radical (unpaired) electrons. The van der Waals surface area contributed by atoms with E-state index in [0.29, 0.717) is 11.3 Å². The third kappa shape index (κ3) is 4.94. The van der Waals surface area contributed by atoms with Gasteiger partial charge in [0.25, 0.3) is 17.5 Å². The van der Waals surface area contributed by atoms with Crippen LogP contribution in [0.4, 0.5) is 0 Å². The first-order chi connectivity index (χ1) is 14.9. The highest BCUT2D eigenvalue weighted by Gasteiger charge is 2.48. The molecule has 1 heterocycles. The van der Waals surface area contributed by atoms with Crippen LogP contribution in [0.25, 0.3) is 6.08 Å². The predicted molar refractivity (Wildman–Crippen MR) is 110 cm³/mol. The Morgan fingerprint density at radius 3 is 2.61 bits per heavy atom. The lowest BCUT2D eigenvalue weighted by Gasteiger charge is -2.37. The van der Waals surface area contributed by atoms with E-state index in [2.05, 4.69) is 10.5 Å². The molecule has 0 saturated carbocycles. The Morgan fingerprint density at radius 2 is 1.97 bits per heavy atom. The molecule has 2 aromatic rings. The molecule has 0 aromatic heterocycles. The Morgan fingerprint density at radius 1 is 1.23 bits per heavy atom. The van der Waals surface area contributed by atoms with E-state index in [1.54, 1.807) is 42.5 Å². The molecule has 1 aliphatic heterocycles. The van der Waals surface area contributed by atoms with Gasteiger partial charge in [-0.2, -0.15) is 10.4 Å². The van der Waals surface area contributed by atoms with Crippen molar-refractivity contribution in [3.8, 4) is 5.75 Å². The first-order valence-corrected chi connectivity index (χ1v) is 9.43. The maximum Gasteiger partial charge on any atom is 0.282 e. The number of hydroxylamine groups is 2. The van der Waals surface area contributed by atoms with Crippen LogP contribution in [0.5, 0.6) is 5.75 Å². The number of carbonyl (C=O) groups excluding carboxylic acids is 2. The summed E-state index contributed by atoms with van der Waals surface area (Å²) in [6, 6.07) is 11.2. The molecule has 0 saturated heterocycles. The van der Waals surface area contributed by atoms with Gasteiger partial charge in [0.2, 0.25) is 0 Å². The molecule has 0 bridgehead atoms. The molecule has 2 unspecified atom stereocenters. The summed E-state index contributed by atoms with van der Waals surface area (Å²) in [7, 11) is 0. The molecule has 10 nitrogen and oxygen atoms in total. The quantitative estimate of drug-likeness (QED) is 0.197. The van der Waals surface area contributed by atoms with Gasteiger partial charge in [-0.15, -0.1) is 0 Å². The smallest absolute Gasteiger partial charge is 0.282 e. The molecule has 10 heteroatoms. The van der Waals surface area contributed by atoms with E-state index in [9.17, 15) is 19.7 Å². The van der Waals surface area contributed by atoms with Crippen molar-refractivity contribution < 1.29 is 24.7 Å². The summed E-state index contributed by atoms with van der Waals surface area (Å²) >= 11 is 0. The molecule has 162 valence electrons. The summed E-state index contributed by atoms with van der Waals surface area (Å²) in [6.45, 7) is 2.00. The second kappa shape index (κ2) is 9.47. The van der Waals surface area contributed by atoms with Crippen LogP contribution < -0.4 is 21.0 Å². The Kier molecular flexibility index (Phi) is 6.75. The predicted octanol–water partition coefficient (Wildman–Crippen LogP) is 2.10. The number of benzene rings is 2. The number of nitroso groups, excluding NO2 is 1. The van der Waals surface area contributed by atoms with E-state index < -0.39 is 23.6 Å². The van der Waals surface area contributed by atoms with E-state index in [4.69, 9.17) is 9.94 Å². The summed E-state index contributed by atoms with van der Waals surface area (Å²) in [5, 5.41) is 24.0. The van der Waals surface area contributed by atoms with Crippen LogP contribution in [0.1, 0.15) is 34.7 Å². The molecule has 5 N–H and O–H groups in total. The van der Waals surface area contributed by atoms with Crippen LogP contribution in [0.3, 0.4) is 0 Å². The van der Waals surface area contributed by atoms with E-state index in [-0.39, 0.29) is 13.0 Å². The molecular weight excluding hydrogens is 404 g/mol. The number of hydrogen-bond donors (Lipinski definition) is 5. The second-order valence-corrected chi connectivity index (χ2v) is 7.14. The average molecular weight is 426 g/mol. The number of hydrogen-bond acceptors (Lipinski definition) is 8. The maximum absolute atomic E-state index is 12.9. The molecule has 0 fully saturated rings. The second-order valence-electron chi connectivity index (χ2n) is 7.14. The van der Waals surface area contributed by atoms with Crippen molar-refractivity contribution in [3.63, 3.8) is 0 Å². The minimum atomic E-state index is -1.86. The molecule has 2 atom stereocenters. The van der Waals surface area contributed by atoms with Gasteiger partial charge in [0.05, 0.1) is 0 Å². The van der Waals surface area contributed by atoms with Gasteiger partial charge in [0.15, 0.2) is 0 Å². The number of fused-ring (bicyclic) bond motifs is 1. The Hall–Kier alpha value is -3.60. The highest BCUT2D eigenvalue weighted by molar-refractivity contribution is 5.90. The van der Waals surface area contributed by atoms with Gasteiger partial charge in [0, 0.05) is 24.6 Å². The maximum atomic E-state index is 12.9. The Balaban J connectivity index is 1.70. The molecule has 1 aliphatic rings. The number of rotatable bonds is 7. The summed E-state index contributed by atoms with van der Waals surface area (Å²) < 4.78 is 5.75. The zero-order chi connectivity index (χ0) is 22.4. The van der Waals surface area contributed by atoms with E-state index in [0.717, 1.165) is 16.7 Å². The topological polar surface area (TPSA) is 149 Å². The minimum absolute atomic E-state index is 0.132. The zero-order valence-electron chi connectivity index (χ0n) is 16.7. The van der Waals surface area contributed by atoms with Crippen LogP contribution in [0, 0.1) is 11.8 Å². The summed E-state index contributed by atoms with van der Waals surface area (Å²) in [5.74, 6) is -1.01. The summed E-state index contributed by atoms with van der Waals surface area (Å²) in [5.41, 5.74) is 4.50. The number of nitrogens with zero attached hydrogens (tertiary/aromatic N) is 1. The van der Waals surface area contributed by atoms with Crippen molar-refractivity contribution in [3.05, 3.63) is 75.7 Å². The van der Waals surface area contributed by atoms with E-state index >= 15 is 0 Å². The van der Waals surface area contributed by atoms with Gasteiger partial charge in [0.1, 0.15) is 11.8 Å². The monoisotopic (exact) mass is 426 g/mol. The number of amides is 2. The van der Waals surface area contributed by atoms with Crippen molar-refractivity contribution in [2.24, 2.45) is 5.18 Å². The molecule has 31 heavy (non-hydrogen) atoms. The average Bonchev–Trinajstić information content (AvgIpc) is 2.80. The van der Waals surface area contributed by atoms with Gasteiger partial charge in [-0.25, -0.2) is 5.48 Å². The molecule has 3 rings (SSSR count). The lowest BCUT2D eigenvalue weighted by atomic mass is 9.92. The van der Waals surface area contributed by atoms with Crippen LogP contribution >= 0.6 is 0 Å². The lowest BCUT2D eigenvalue weighted by Crippen LogP contribution is -2.61. The van der Waals surface area contributed by atoms with Gasteiger partial charge >= 0.3 is 0 Å². The summed E-state index contributed by atoms with van der Waals surface area (Å²) in [4.78, 5) is 35.3. The Labute approximate surface area is 177 Å². The largest absolute Gasteiger partial charge is 0.461 e. The van der Waals surface area contributed by atoms with E-state index in [1.807, 2.05) is 12.4 Å². The van der Waals surface area contributed by atoms with Crippen molar-refractivity contribution in [2.75, 3.05) is 0 Å². The van der Waals surface area contributed by atoms with Crippen LogP contribution in [0.2, 0.25) is 0 Å². The van der Waals surface area contributed by atoms with Gasteiger partial charge in [-0.3, -0.25) is 14.8 Å². The van der Waals surface area contributed by atoms with Crippen molar-refractivity contribution >= 4 is 17.9 Å².